The Balaban J connectivity index is 1.57. The molecule has 4 nitrogen and oxygen atoms in total. The van der Waals surface area contributed by atoms with Crippen LogP contribution in [0.3, 0.4) is 0 Å². The van der Waals surface area contributed by atoms with Crippen molar-refractivity contribution in [2.24, 2.45) is 11.8 Å². The zero-order chi connectivity index (χ0) is 22.7. The summed E-state index contributed by atoms with van der Waals surface area (Å²) in [5.74, 6) is 2.60. The Labute approximate surface area is 192 Å². The van der Waals surface area contributed by atoms with Crippen LogP contribution < -0.4 is 4.74 Å². The van der Waals surface area contributed by atoms with E-state index in [1.54, 1.807) is 0 Å². The fourth-order valence-corrected chi connectivity index (χ4v) is 4.55. The van der Waals surface area contributed by atoms with Gasteiger partial charge in [0, 0.05) is 0 Å². The zero-order valence-corrected chi connectivity index (χ0v) is 19.6. The molecule has 4 atom stereocenters. The van der Waals surface area contributed by atoms with E-state index in [1.807, 2.05) is 12.2 Å². The quantitative estimate of drug-likeness (QED) is 0.319. The van der Waals surface area contributed by atoms with Gasteiger partial charge in [-0.3, -0.25) is 0 Å². The second-order valence-corrected chi connectivity index (χ2v) is 9.67. The van der Waals surface area contributed by atoms with Gasteiger partial charge in [0.1, 0.15) is 36.9 Å². The highest BCUT2D eigenvalue weighted by Gasteiger charge is 2.37. The summed E-state index contributed by atoms with van der Waals surface area (Å²) in [4.78, 5) is 0. The van der Waals surface area contributed by atoms with Gasteiger partial charge in [-0.2, -0.15) is 0 Å². The normalized spacial score (nSPS) is 26.6. The van der Waals surface area contributed by atoms with Crippen molar-refractivity contribution in [3.05, 3.63) is 78.1 Å². The molecule has 3 aliphatic rings. The van der Waals surface area contributed by atoms with E-state index in [2.05, 4.69) is 64.3 Å². The monoisotopic (exact) mass is 436 g/mol. The molecule has 4 rings (SSSR count). The molecule has 4 heteroatoms. The fourth-order valence-electron chi connectivity index (χ4n) is 4.55. The molecule has 0 radical (unpaired) electrons. The third kappa shape index (κ3) is 5.36. The molecule has 0 spiro atoms. The maximum absolute atomic E-state index is 6.11. The van der Waals surface area contributed by atoms with Gasteiger partial charge in [0.2, 0.25) is 0 Å². The summed E-state index contributed by atoms with van der Waals surface area (Å²) in [5, 5.41) is 0. The van der Waals surface area contributed by atoms with E-state index >= 15 is 0 Å². The van der Waals surface area contributed by atoms with Crippen LogP contribution in [-0.2, 0) is 26.0 Å². The molecule has 1 aromatic rings. The number of allylic oxidation sites excluding steroid dienone is 5. The predicted octanol–water partition coefficient (Wildman–Crippen LogP) is 5.54. The molecule has 1 aromatic carbocycles. The minimum absolute atomic E-state index is 0.0679. The summed E-state index contributed by atoms with van der Waals surface area (Å²) in [7, 11) is 0. The van der Waals surface area contributed by atoms with Crippen molar-refractivity contribution in [3.8, 4) is 5.75 Å². The van der Waals surface area contributed by atoms with E-state index in [1.165, 1.54) is 16.7 Å². The Hall–Kier alpha value is -2.30. The van der Waals surface area contributed by atoms with E-state index in [0.717, 1.165) is 37.6 Å². The molecule has 2 fully saturated rings. The highest BCUT2D eigenvalue weighted by Crippen LogP contribution is 2.44. The number of hydrogen-bond acceptors (Lipinski definition) is 4. The van der Waals surface area contributed by atoms with Crippen LogP contribution in [0.5, 0.6) is 5.75 Å². The summed E-state index contributed by atoms with van der Waals surface area (Å²) in [6.45, 7) is 17.7. The van der Waals surface area contributed by atoms with Gasteiger partial charge < -0.3 is 18.9 Å². The standard InChI is InChI=1S/C28H36O4/c1-6-8-20-13-22(10-11-26(20)31-17-23-15-29-23)28(4,5)25-14-21(9-7-2)27(12-19(25)3)32-18-24-16-30-24/h6-7,10-14,19,23-25H,1-2,8-9,15-18H2,3-5H3. The minimum atomic E-state index is -0.0679. The van der Waals surface area contributed by atoms with E-state index in [0.29, 0.717) is 25.0 Å². The first-order chi connectivity index (χ1) is 15.4. The average molecular weight is 437 g/mol. The van der Waals surface area contributed by atoms with Gasteiger partial charge in [0.05, 0.1) is 13.2 Å². The zero-order valence-electron chi connectivity index (χ0n) is 19.6. The van der Waals surface area contributed by atoms with Gasteiger partial charge in [0.25, 0.3) is 0 Å². The van der Waals surface area contributed by atoms with Crippen molar-refractivity contribution in [1.82, 2.24) is 0 Å². The molecule has 32 heavy (non-hydrogen) atoms. The van der Waals surface area contributed by atoms with Gasteiger partial charge in [-0.1, -0.05) is 51.1 Å². The fraction of sp³-hybridized carbons (Fsp3) is 0.500. The largest absolute Gasteiger partial charge is 0.491 e. The van der Waals surface area contributed by atoms with Crippen LogP contribution in [0.25, 0.3) is 0 Å². The molecular formula is C28H36O4. The lowest BCUT2D eigenvalue weighted by Crippen LogP contribution is -2.34. The van der Waals surface area contributed by atoms with Crippen molar-refractivity contribution < 1.29 is 18.9 Å². The molecule has 0 amide bonds. The predicted molar refractivity (Wildman–Crippen MR) is 128 cm³/mol. The topological polar surface area (TPSA) is 43.5 Å². The molecular weight excluding hydrogens is 400 g/mol. The Morgan fingerprint density at radius 3 is 2.28 bits per heavy atom. The van der Waals surface area contributed by atoms with Crippen LogP contribution in [0.15, 0.2) is 67.0 Å². The molecule has 172 valence electrons. The lowest BCUT2D eigenvalue weighted by atomic mass is 9.65. The average Bonchev–Trinajstić information content (AvgIpc) is 3.68. The first-order valence-electron chi connectivity index (χ1n) is 11.7. The van der Waals surface area contributed by atoms with Crippen LogP contribution in [0, 0.1) is 11.8 Å². The van der Waals surface area contributed by atoms with Crippen LogP contribution >= 0.6 is 0 Å². The Morgan fingerprint density at radius 1 is 1.00 bits per heavy atom. The Bertz CT molecular complexity index is 902. The maximum Gasteiger partial charge on any atom is 0.122 e. The smallest absolute Gasteiger partial charge is 0.122 e. The van der Waals surface area contributed by atoms with Gasteiger partial charge in [-0.25, -0.2) is 0 Å². The lowest BCUT2D eigenvalue weighted by molar-refractivity contribution is 0.180. The van der Waals surface area contributed by atoms with Gasteiger partial charge in [0.15, 0.2) is 0 Å². The molecule has 2 heterocycles. The second-order valence-electron chi connectivity index (χ2n) is 9.67. The maximum atomic E-state index is 6.11. The van der Waals surface area contributed by atoms with Crippen molar-refractivity contribution in [1.29, 1.82) is 0 Å². The third-order valence-corrected chi connectivity index (χ3v) is 6.70. The first kappa shape index (κ1) is 22.9. The summed E-state index contributed by atoms with van der Waals surface area (Å²) in [6, 6.07) is 6.61. The molecule has 0 N–H and O–H groups in total. The number of hydrogen-bond donors (Lipinski definition) is 0. The minimum Gasteiger partial charge on any atom is -0.491 e. The highest BCUT2D eigenvalue weighted by molar-refractivity contribution is 5.43. The number of benzene rings is 1. The Morgan fingerprint density at radius 2 is 1.66 bits per heavy atom. The van der Waals surface area contributed by atoms with Crippen LogP contribution in [0.1, 0.15) is 38.3 Å². The van der Waals surface area contributed by atoms with Crippen molar-refractivity contribution in [2.45, 2.75) is 51.2 Å². The SMILES string of the molecule is C=CCC1=CC(C(C)(C)c2ccc(OCC3CO3)c(CC=C)c2)C(C)C=C1OCC1CO1. The van der Waals surface area contributed by atoms with Gasteiger partial charge in [-0.05, 0) is 58.9 Å². The van der Waals surface area contributed by atoms with E-state index < -0.39 is 0 Å². The Kier molecular flexibility index (Phi) is 6.92. The molecule has 0 aromatic heterocycles. The third-order valence-electron chi connectivity index (χ3n) is 6.70. The number of epoxide rings is 2. The highest BCUT2D eigenvalue weighted by atomic mass is 16.6. The van der Waals surface area contributed by atoms with Gasteiger partial charge in [-0.15, -0.1) is 13.2 Å². The molecule has 2 saturated heterocycles. The molecule has 0 saturated carbocycles. The first-order valence-corrected chi connectivity index (χ1v) is 11.7. The lowest BCUT2D eigenvalue weighted by Gasteiger charge is -2.39. The van der Waals surface area contributed by atoms with E-state index in [-0.39, 0.29) is 17.6 Å². The molecule has 2 aliphatic heterocycles. The van der Waals surface area contributed by atoms with Gasteiger partial charge >= 0.3 is 0 Å². The number of rotatable bonds is 12. The van der Waals surface area contributed by atoms with E-state index in [9.17, 15) is 0 Å². The summed E-state index contributed by atoms with van der Waals surface area (Å²) >= 11 is 0. The van der Waals surface area contributed by atoms with Crippen LogP contribution in [0.4, 0.5) is 0 Å². The van der Waals surface area contributed by atoms with E-state index in [4.69, 9.17) is 18.9 Å². The van der Waals surface area contributed by atoms with Crippen molar-refractivity contribution in [2.75, 3.05) is 26.4 Å². The van der Waals surface area contributed by atoms with Crippen molar-refractivity contribution in [3.63, 3.8) is 0 Å². The van der Waals surface area contributed by atoms with Crippen LogP contribution in [-0.4, -0.2) is 38.6 Å². The summed E-state index contributed by atoms with van der Waals surface area (Å²) in [6.07, 6.45) is 10.7. The molecule has 0 bridgehead atoms. The summed E-state index contributed by atoms with van der Waals surface area (Å²) in [5.41, 5.74) is 3.63. The van der Waals surface area contributed by atoms with Crippen molar-refractivity contribution >= 4 is 0 Å². The number of ether oxygens (including phenoxy) is 4. The molecule has 1 aliphatic carbocycles. The second kappa shape index (κ2) is 9.68. The molecule has 4 unspecified atom stereocenters. The van der Waals surface area contributed by atoms with Crippen LogP contribution in [0.2, 0.25) is 0 Å². The summed E-state index contributed by atoms with van der Waals surface area (Å²) < 4.78 is 22.7.